The van der Waals surface area contributed by atoms with Crippen LogP contribution in [0.2, 0.25) is 0 Å². The molecule has 1 heterocycles. The fourth-order valence-electron chi connectivity index (χ4n) is 1.35. The molecule has 1 rings (SSSR count). The Kier molecular flexibility index (Phi) is 3.83. The van der Waals surface area contributed by atoms with Crippen molar-refractivity contribution in [2.75, 3.05) is 11.9 Å². The van der Waals surface area contributed by atoms with E-state index in [1.54, 1.807) is 24.3 Å². The third-order valence-electron chi connectivity index (χ3n) is 2.20. The van der Waals surface area contributed by atoms with Crippen molar-refractivity contribution in [3.63, 3.8) is 0 Å². The Morgan fingerprint density at radius 2 is 2.13 bits per heavy atom. The van der Waals surface area contributed by atoms with Gasteiger partial charge in [-0.1, -0.05) is 13.8 Å². The van der Waals surface area contributed by atoms with Gasteiger partial charge in [-0.25, -0.2) is 0 Å². The second-order valence-electron chi connectivity index (χ2n) is 4.27. The van der Waals surface area contributed by atoms with Crippen LogP contribution in [0.1, 0.15) is 25.8 Å². The van der Waals surface area contributed by atoms with E-state index in [4.69, 9.17) is 0 Å². The lowest BCUT2D eigenvalue weighted by atomic mass is 10.1. The van der Waals surface area contributed by atoms with Crippen molar-refractivity contribution in [1.82, 2.24) is 4.98 Å². The van der Waals surface area contributed by atoms with Gasteiger partial charge in [0.25, 0.3) is 0 Å². The minimum absolute atomic E-state index is 0.136. The average Bonchev–Trinajstić information content (AvgIpc) is 2.15. The summed E-state index contributed by atoms with van der Waals surface area (Å²) in [7, 11) is 1.79. The number of anilines is 1. The Morgan fingerprint density at radius 3 is 2.67 bits per heavy atom. The van der Waals surface area contributed by atoms with E-state index in [9.17, 15) is 4.79 Å². The van der Waals surface area contributed by atoms with Gasteiger partial charge in [-0.15, -0.1) is 0 Å². The van der Waals surface area contributed by atoms with Crippen molar-refractivity contribution >= 4 is 11.6 Å². The minimum atomic E-state index is 0.136. The van der Waals surface area contributed by atoms with Crippen LogP contribution in [0.3, 0.4) is 0 Å². The number of rotatable bonds is 3. The molecular weight excluding hydrogens is 188 g/mol. The van der Waals surface area contributed by atoms with Crippen LogP contribution in [-0.2, 0) is 4.79 Å². The van der Waals surface area contributed by atoms with Gasteiger partial charge in [0.2, 0.25) is 5.91 Å². The molecule has 1 aromatic rings. The molecule has 0 saturated carbocycles. The van der Waals surface area contributed by atoms with Gasteiger partial charge in [0.15, 0.2) is 0 Å². The lowest BCUT2D eigenvalue weighted by Crippen LogP contribution is -2.27. The number of carbonyl (C=O) groups excluding carboxylic acids is 1. The van der Waals surface area contributed by atoms with Crippen LogP contribution in [0.5, 0.6) is 0 Å². The Balaban J connectivity index is 2.76. The lowest BCUT2D eigenvalue weighted by Gasteiger charge is -2.18. The fraction of sp³-hybridized carbons (Fsp3) is 0.500. The zero-order chi connectivity index (χ0) is 11.4. The Labute approximate surface area is 91.1 Å². The molecular formula is C12H18N2O. The monoisotopic (exact) mass is 206 g/mol. The van der Waals surface area contributed by atoms with Crippen LogP contribution < -0.4 is 4.90 Å². The summed E-state index contributed by atoms with van der Waals surface area (Å²) in [5.74, 6) is 0.523. The smallest absolute Gasteiger partial charge is 0.227 e. The third-order valence-corrected chi connectivity index (χ3v) is 2.20. The highest BCUT2D eigenvalue weighted by atomic mass is 16.2. The summed E-state index contributed by atoms with van der Waals surface area (Å²) < 4.78 is 0. The molecule has 0 saturated heterocycles. The standard InChI is InChI=1S/C12H18N2O/c1-9(2)5-12(15)14(4)11-6-10(3)7-13-8-11/h6-9H,5H2,1-4H3. The highest BCUT2D eigenvalue weighted by Gasteiger charge is 2.12. The van der Waals surface area contributed by atoms with E-state index in [-0.39, 0.29) is 5.91 Å². The molecule has 0 unspecified atom stereocenters. The summed E-state index contributed by atoms with van der Waals surface area (Å²) in [6.07, 6.45) is 4.07. The van der Waals surface area contributed by atoms with Crippen molar-refractivity contribution in [3.05, 3.63) is 24.0 Å². The SMILES string of the molecule is Cc1cncc(N(C)C(=O)CC(C)C)c1. The van der Waals surface area contributed by atoms with Crippen LogP contribution in [0.25, 0.3) is 0 Å². The van der Waals surface area contributed by atoms with Crippen LogP contribution in [0.4, 0.5) is 5.69 Å². The summed E-state index contributed by atoms with van der Waals surface area (Å²) in [6, 6.07) is 1.96. The minimum Gasteiger partial charge on any atom is -0.314 e. The van der Waals surface area contributed by atoms with E-state index in [0.29, 0.717) is 12.3 Å². The normalized spacial score (nSPS) is 10.5. The van der Waals surface area contributed by atoms with Crippen LogP contribution >= 0.6 is 0 Å². The van der Waals surface area contributed by atoms with Gasteiger partial charge in [0.05, 0.1) is 11.9 Å². The molecule has 0 aliphatic rings. The summed E-state index contributed by atoms with van der Waals surface area (Å²) in [6.45, 7) is 6.05. The van der Waals surface area contributed by atoms with Gasteiger partial charge >= 0.3 is 0 Å². The van der Waals surface area contributed by atoms with Crippen LogP contribution in [-0.4, -0.2) is 17.9 Å². The number of hydrogen-bond acceptors (Lipinski definition) is 2. The zero-order valence-corrected chi connectivity index (χ0v) is 9.82. The molecule has 82 valence electrons. The summed E-state index contributed by atoms with van der Waals surface area (Å²) >= 11 is 0. The number of pyridine rings is 1. The van der Waals surface area contributed by atoms with Gasteiger partial charge in [0, 0.05) is 19.7 Å². The van der Waals surface area contributed by atoms with Crippen LogP contribution in [0, 0.1) is 12.8 Å². The first kappa shape index (κ1) is 11.7. The van der Waals surface area contributed by atoms with Crippen molar-refractivity contribution in [1.29, 1.82) is 0 Å². The third kappa shape index (κ3) is 3.35. The number of hydrogen-bond donors (Lipinski definition) is 0. The first-order valence-electron chi connectivity index (χ1n) is 5.19. The highest BCUT2D eigenvalue weighted by Crippen LogP contribution is 2.14. The Bertz CT molecular complexity index is 347. The lowest BCUT2D eigenvalue weighted by molar-refractivity contribution is -0.119. The molecule has 0 aliphatic heterocycles. The molecule has 0 fully saturated rings. The fourth-order valence-corrected chi connectivity index (χ4v) is 1.35. The van der Waals surface area contributed by atoms with E-state index in [2.05, 4.69) is 4.98 Å². The molecule has 0 bridgehead atoms. The number of carbonyl (C=O) groups is 1. The summed E-state index contributed by atoms with van der Waals surface area (Å²) in [5.41, 5.74) is 1.93. The van der Waals surface area contributed by atoms with E-state index < -0.39 is 0 Å². The summed E-state index contributed by atoms with van der Waals surface area (Å²) in [4.78, 5) is 17.5. The van der Waals surface area contributed by atoms with E-state index in [1.165, 1.54) is 0 Å². The Morgan fingerprint density at radius 1 is 1.47 bits per heavy atom. The molecule has 3 nitrogen and oxygen atoms in total. The zero-order valence-electron chi connectivity index (χ0n) is 9.82. The second-order valence-corrected chi connectivity index (χ2v) is 4.27. The molecule has 0 aliphatic carbocycles. The average molecular weight is 206 g/mol. The maximum absolute atomic E-state index is 11.8. The first-order chi connectivity index (χ1) is 7.00. The van der Waals surface area contributed by atoms with Gasteiger partial charge in [-0.05, 0) is 24.5 Å². The molecule has 0 atom stereocenters. The maximum atomic E-state index is 11.8. The largest absolute Gasteiger partial charge is 0.314 e. The number of aryl methyl sites for hydroxylation is 1. The van der Waals surface area contributed by atoms with Gasteiger partial charge in [-0.2, -0.15) is 0 Å². The van der Waals surface area contributed by atoms with E-state index in [1.807, 2.05) is 26.8 Å². The molecule has 3 heteroatoms. The summed E-state index contributed by atoms with van der Waals surface area (Å²) in [5, 5.41) is 0. The van der Waals surface area contributed by atoms with E-state index >= 15 is 0 Å². The van der Waals surface area contributed by atoms with Crippen LogP contribution in [0.15, 0.2) is 18.5 Å². The number of amides is 1. The molecule has 15 heavy (non-hydrogen) atoms. The maximum Gasteiger partial charge on any atom is 0.227 e. The quantitative estimate of drug-likeness (QED) is 0.760. The van der Waals surface area contributed by atoms with Crippen molar-refractivity contribution in [2.24, 2.45) is 5.92 Å². The van der Waals surface area contributed by atoms with Crippen molar-refractivity contribution in [2.45, 2.75) is 27.2 Å². The molecule has 0 radical (unpaired) electrons. The van der Waals surface area contributed by atoms with Crippen molar-refractivity contribution in [3.8, 4) is 0 Å². The van der Waals surface area contributed by atoms with Gasteiger partial charge in [-0.3, -0.25) is 9.78 Å². The van der Waals surface area contributed by atoms with Crippen molar-refractivity contribution < 1.29 is 4.79 Å². The Hall–Kier alpha value is -1.38. The van der Waals surface area contributed by atoms with Gasteiger partial charge in [0.1, 0.15) is 0 Å². The predicted molar refractivity (Wildman–Crippen MR) is 61.8 cm³/mol. The second kappa shape index (κ2) is 4.91. The topological polar surface area (TPSA) is 33.2 Å². The highest BCUT2D eigenvalue weighted by molar-refractivity contribution is 5.92. The number of aromatic nitrogens is 1. The molecule has 1 amide bonds. The first-order valence-corrected chi connectivity index (χ1v) is 5.19. The molecule has 0 N–H and O–H groups in total. The van der Waals surface area contributed by atoms with Gasteiger partial charge < -0.3 is 4.90 Å². The number of nitrogens with zero attached hydrogens (tertiary/aromatic N) is 2. The molecule has 0 aromatic carbocycles. The predicted octanol–water partition coefficient (Wildman–Crippen LogP) is 2.40. The van der Waals surface area contributed by atoms with E-state index in [0.717, 1.165) is 11.3 Å². The molecule has 0 spiro atoms. The molecule has 1 aromatic heterocycles.